The van der Waals surface area contributed by atoms with E-state index in [0.29, 0.717) is 18.7 Å². The van der Waals surface area contributed by atoms with Crippen molar-refractivity contribution in [3.63, 3.8) is 0 Å². The van der Waals surface area contributed by atoms with E-state index in [1.165, 1.54) is 0 Å². The average molecular weight is 414 g/mol. The standard InChI is InChI=1S/C26H27N3O2/c1-17-5-4-6-22(13-17)25(30)29-12-11-21-10-9-20(15-24(21)29)16-27-26(31)28-23-14-18(2)7-8-19(23)3/h4-10,13-15H,11-12,16H2,1-3H3,(H2,27,28,31). The first-order valence-corrected chi connectivity index (χ1v) is 10.5. The first-order chi connectivity index (χ1) is 14.9. The fourth-order valence-electron chi connectivity index (χ4n) is 3.90. The molecule has 31 heavy (non-hydrogen) atoms. The third kappa shape index (κ3) is 4.61. The second-order valence-electron chi connectivity index (χ2n) is 8.17. The van der Waals surface area contributed by atoms with Crippen molar-refractivity contribution >= 4 is 23.3 Å². The van der Waals surface area contributed by atoms with Crippen molar-refractivity contribution in [2.75, 3.05) is 16.8 Å². The molecule has 1 aliphatic heterocycles. The quantitative estimate of drug-likeness (QED) is 0.622. The summed E-state index contributed by atoms with van der Waals surface area (Å²) in [7, 11) is 0. The van der Waals surface area contributed by atoms with Gasteiger partial charge in [-0.2, -0.15) is 0 Å². The molecule has 2 N–H and O–H groups in total. The van der Waals surface area contributed by atoms with Crippen molar-refractivity contribution in [1.29, 1.82) is 0 Å². The summed E-state index contributed by atoms with van der Waals surface area (Å²) < 4.78 is 0. The number of anilines is 2. The number of carbonyl (C=O) groups is 2. The van der Waals surface area contributed by atoms with E-state index < -0.39 is 0 Å². The molecular weight excluding hydrogens is 386 g/mol. The van der Waals surface area contributed by atoms with Crippen LogP contribution in [0.4, 0.5) is 16.2 Å². The van der Waals surface area contributed by atoms with E-state index in [1.807, 2.05) is 80.3 Å². The second kappa shape index (κ2) is 8.64. The topological polar surface area (TPSA) is 61.4 Å². The van der Waals surface area contributed by atoms with Gasteiger partial charge in [-0.3, -0.25) is 4.79 Å². The number of carbonyl (C=O) groups excluding carboxylic acids is 2. The highest BCUT2D eigenvalue weighted by atomic mass is 16.2. The molecule has 3 aromatic rings. The summed E-state index contributed by atoms with van der Waals surface area (Å²) in [4.78, 5) is 27.3. The molecule has 5 nitrogen and oxygen atoms in total. The number of rotatable bonds is 4. The molecule has 1 heterocycles. The normalized spacial score (nSPS) is 12.4. The van der Waals surface area contributed by atoms with E-state index in [2.05, 4.69) is 16.7 Å². The Morgan fingerprint density at radius 3 is 2.55 bits per heavy atom. The Labute approximate surface area is 183 Å². The van der Waals surface area contributed by atoms with Crippen LogP contribution in [-0.2, 0) is 13.0 Å². The van der Waals surface area contributed by atoms with Crippen molar-refractivity contribution in [2.45, 2.75) is 33.7 Å². The van der Waals surface area contributed by atoms with Crippen molar-refractivity contribution < 1.29 is 9.59 Å². The summed E-state index contributed by atoms with van der Waals surface area (Å²) >= 11 is 0. The van der Waals surface area contributed by atoms with E-state index in [0.717, 1.165) is 45.6 Å². The molecule has 1 aliphatic rings. The van der Waals surface area contributed by atoms with Crippen LogP contribution in [0.15, 0.2) is 60.7 Å². The van der Waals surface area contributed by atoms with Gasteiger partial charge >= 0.3 is 6.03 Å². The molecule has 0 fully saturated rings. The Hall–Kier alpha value is -3.60. The lowest BCUT2D eigenvalue weighted by molar-refractivity contribution is 0.0989. The Morgan fingerprint density at radius 1 is 0.935 bits per heavy atom. The van der Waals surface area contributed by atoms with E-state index >= 15 is 0 Å². The number of amides is 3. The van der Waals surface area contributed by atoms with Gasteiger partial charge in [0.15, 0.2) is 0 Å². The predicted molar refractivity (Wildman–Crippen MR) is 125 cm³/mol. The van der Waals surface area contributed by atoms with E-state index in [9.17, 15) is 9.59 Å². The number of urea groups is 1. The number of fused-ring (bicyclic) bond motifs is 1. The highest BCUT2D eigenvalue weighted by Crippen LogP contribution is 2.30. The van der Waals surface area contributed by atoms with Crippen molar-refractivity contribution in [1.82, 2.24) is 5.32 Å². The fraction of sp³-hybridized carbons (Fsp3) is 0.231. The van der Waals surface area contributed by atoms with Gasteiger partial charge in [-0.05, 0) is 73.7 Å². The van der Waals surface area contributed by atoms with Crippen LogP contribution >= 0.6 is 0 Å². The van der Waals surface area contributed by atoms with Crippen LogP contribution in [0.5, 0.6) is 0 Å². The predicted octanol–water partition coefficient (Wildman–Crippen LogP) is 5.14. The van der Waals surface area contributed by atoms with E-state index in [1.54, 1.807) is 0 Å². The molecule has 0 unspecified atom stereocenters. The molecule has 3 amide bonds. The van der Waals surface area contributed by atoms with Crippen molar-refractivity contribution in [2.24, 2.45) is 0 Å². The van der Waals surface area contributed by atoms with Gasteiger partial charge in [0.1, 0.15) is 0 Å². The highest BCUT2D eigenvalue weighted by Gasteiger charge is 2.25. The summed E-state index contributed by atoms with van der Waals surface area (Å²) in [6.07, 6.45) is 0.841. The van der Waals surface area contributed by atoms with Crippen LogP contribution in [0.3, 0.4) is 0 Å². The maximum Gasteiger partial charge on any atom is 0.319 e. The Bertz CT molecular complexity index is 1150. The fourth-order valence-corrected chi connectivity index (χ4v) is 3.90. The zero-order chi connectivity index (χ0) is 22.0. The highest BCUT2D eigenvalue weighted by molar-refractivity contribution is 6.07. The number of hydrogen-bond donors (Lipinski definition) is 2. The van der Waals surface area contributed by atoms with Crippen LogP contribution in [0.1, 0.15) is 38.2 Å². The molecule has 0 saturated heterocycles. The summed E-state index contributed by atoms with van der Waals surface area (Å²) in [6.45, 7) is 7.01. The molecule has 4 rings (SSSR count). The second-order valence-corrected chi connectivity index (χ2v) is 8.17. The SMILES string of the molecule is Cc1cccc(C(=O)N2CCc3ccc(CNC(=O)Nc4cc(C)ccc4C)cc32)c1. The van der Waals surface area contributed by atoms with Gasteiger partial charge in [0, 0.05) is 30.0 Å². The third-order valence-corrected chi connectivity index (χ3v) is 5.65. The first-order valence-electron chi connectivity index (χ1n) is 10.5. The van der Waals surface area contributed by atoms with Gasteiger partial charge in [0.2, 0.25) is 0 Å². The number of nitrogens with zero attached hydrogens (tertiary/aromatic N) is 1. The minimum atomic E-state index is -0.248. The average Bonchev–Trinajstić information content (AvgIpc) is 3.17. The minimum Gasteiger partial charge on any atom is -0.334 e. The number of hydrogen-bond acceptors (Lipinski definition) is 2. The monoisotopic (exact) mass is 413 g/mol. The van der Waals surface area contributed by atoms with Gasteiger partial charge < -0.3 is 15.5 Å². The molecular formula is C26H27N3O2. The zero-order valence-corrected chi connectivity index (χ0v) is 18.2. The Kier molecular flexibility index (Phi) is 5.76. The molecule has 0 atom stereocenters. The molecule has 0 aliphatic carbocycles. The van der Waals surface area contributed by atoms with Gasteiger partial charge in [-0.1, -0.05) is 42.0 Å². The van der Waals surface area contributed by atoms with Crippen LogP contribution in [0.25, 0.3) is 0 Å². The zero-order valence-electron chi connectivity index (χ0n) is 18.2. The third-order valence-electron chi connectivity index (χ3n) is 5.65. The summed E-state index contributed by atoms with van der Waals surface area (Å²) in [5.41, 5.74) is 7.73. The molecule has 5 heteroatoms. The number of benzene rings is 3. The largest absolute Gasteiger partial charge is 0.334 e. The molecule has 0 bridgehead atoms. The maximum absolute atomic E-state index is 13.0. The van der Waals surface area contributed by atoms with E-state index in [4.69, 9.17) is 0 Å². The van der Waals surface area contributed by atoms with Crippen molar-refractivity contribution in [3.05, 3.63) is 94.0 Å². The first kappa shape index (κ1) is 20.7. The molecule has 0 spiro atoms. The molecule has 0 aromatic heterocycles. The Balaban J connectivity index is 1.44. The lowest BCUT2D eigenvalue weighted by atomic mass is 10.1. The smallest absolute Gasteiger partial charge is 0.319 e. The summed E-state index contributed by atoms with van der Waals surface area (Å²) in [5.74, 6) is 0.0141. The number of aryl methyl sites for hydroxylation is 3. The Morgan fingerprint density at radius 2 is 1.74 bits per heavy atom. The molecule has 3 aromatic carbocycles. The van der Waals surface area contributed by atoms with E-state index in [-0.39, 0.29) is 11.9 Å². The van der Waals surface area contributed by atoms with Crippen LogP contribution in [0.2, 0.25) is 0 Å². The lowest BCUT2D eigenvalue weighted by Crippen LogP contribution is -2.30. The minimum absolute atomic E-state index is 0.0141. The summed E-state index contributed by atoms with van der Waals surface area (Å²) in [6, 6.07) is 19.5. The summed E-state index contributed by atoms with van der Waals surface area (Å²) in [5, 5.41) is 5.83. The van der Waals surface area contributed by atoms with Crippen LogP contribution in [-0.4, -0.2) is 18.5 Å². The van der Waals surface area contributed by atoms with Crippen molar-refractivity contribution in [3.8, 4) is 0 Å². The molecule has 0 saturated carbocycles. The van der Waals surface area contributed by atoms with Crippen LogP contribution < -0.4 is 15.5 Å². The molecule has 158 valence electrons. The molecule has 0 radical (unpaired) electrons. The van der Waals surface area contributed by atoms with Gasteiger partial charge in [-0.15, -0.1) is 0 Å². The number of nitrogens with one attached hydrogen (secondary N) is 2. The van der Waals surface area contributed by atoms with Crippen LogP contribution in [0, 0.1) is 20.8 Å². The van der Waals surface area contributed by atoms with Gasteiger partial charge in [0.05, 0.1) is 0 Å². The maximum atomic E-state index is 13.0. The van der Waals surface area contributed by atoms with Gasteiger partial charge in [0.25, 0.3) is 5.91 Å². The van der Waals surface area contributed by atoms with Gasteiger partial charge in [-0.25, -0.2) is 4.79 Å². The lowest BCUT2D eigenvalue weighted by Gasteiger charge is -2.18.